The summed E-state index contributed by atoms with van der Waals surface area (Å²) >= 11 is 0. The summed E-state index contributed by atoms with van der Waals surface area (Å²) in [5.74, 6) is 0.225. The molecule has 1 aromatic heterocycles. The number of alkyl halides is 3. The van der Waals surface area contributed by atoms with Crippen LogP contribution in [-0.4, -0.2) is 20.5 Å². The van der Waals surface area contributed by atoms with Gasteiger partial charge in [0.05, 0.1) is 5.71 Å². The first kappa shape index (κ1) is 14.1. The minimum absolute atomic E-state index is 0.225. The zero-order valence-corrected chi connectivity index (χ0v) is 10.8. The first-order chi connectivity index (χ1) is 9.32. The highest BCUT2D eigenvalue weighted by atomic mass is 19.4. The average molecular weight is 283 g/mol. The molecule has 0 saturated heterocycles. The Morgan fingerprint density at radius 2 is 1.85 bits per heavy atom. The molecule has 0 atom stereocenters. The van der Waals surface area contributed by atoms with Gasteiger partial charge in [-0.25, -0.2) is 4.98 Å². The van der Waals surface area contributed by atoms with Crippen LogP contribution in [0.25, 0.3) is 11.4 Å². The number of aryl methyl sites for hydroxylation is 1. The molecule has 0 bridgehead atoms. The van der Waals surface area contributed by atoms with Gasteiger partial charge in [0, 0.05) is 18.8 Å². The molecule has 0 radical (unpaired) electrons. The Kier molecular flexibility index (Phi) is 3.52. The van der Waals surface area contributed by atoms with E-state index in [1.165, 1.54) is 11.6 Å². The normalized spacial score (nSPS) is 12.8. The van der Waals surface area contributed by atoms with Gasteiger partial charge in [-0.05, 0) is 12.5 Å². The van der Waals surface area contributed by atoms with Gasteiger partial charge in [-0.15, -0.1) is 0 Å². The second-order valence-corrected chi connectivity index (χ2v) is 4.32. The molecule has 0 spiro atoms. The van der Waals surface area contributed by atoms with Gasteiger partial charge in [-0.2, -0.15) is 13.2 Å². The van der Waals surface area contributed by atoms with Crippen LogP contribution in [0, 0.1) is 0 Å². The molecule has 2 aromatic rings. The van der Waals surface area contributed by atoms with Crippen molar-refractivity contribution < 1.29 is 18.4 Å². The van der Waals surface area contributed by atoms with E-state index in [1.54, 1.807) is 31.2 Å². The quantitative estimate of drug-likeness (QED) is 0.522. The summed E-state index contributed by atoms with van der Waals surface area (Å²) < 4.78 is 39.1. The van der Waals surface area contributed by atoms with Crippen LogP contribution in [0.4, 0.5) is 13.2 Å². The van der Waals surface area contributed by atoms with Crippen LogP contribution in [0.1, 0.15) is 18.2 Å². The molecule has 0 saturated carbocycles. The van der Waals surface area contributed by atoms with Crippen LogP contribution >= 0.6 is 0 Å². The SMILES string of the molecule is C/C(=N/O)c1ccc(-c2nc(C(F)(F)F)cn2C)cc1. The monoisotopic (exact) mass is 283 g/mol. The van der Waals surface area contributed by atoms with Crippen molar-refractivity contribution in [2.24, 2.45) is 12.2 Å². The molecule has 0 aliphatic heterocycles. The van der Waals surface area contributed by atoms with Gasteiger partial charge < -0.3 is 9.77 Å². The molecule has 1 N–H and O–H groups in total. The minimum Gasteiger partial charge on any atom is -0.411 e. The molecule has 0 aliphatic rings. The van der Waals surface area contributed by atoms with Gasteiger partial charge in [0.1, 0.15) is 5.82 Å². The van der Waals surface area contributed by atoms with Gasteiger partial charge in [0.15, 0.2) is 5.69 Å². The van der Waals surface area contributed by atoms with E-state index in [0.29, 0.717) is 16.8 Å². The Labute approximate surface area is 113 Å². The van der Waals surface area contributed by atoms with Crippen molar-refractivity contribution >= 4 is 5.71 Å². The Morgan fingerprint density at radius 3 is 2.30 bits per heavy atom. The number of benzene rings is 1. The Morgan fingerprint density at radius 1 is 1.25 bits per heavy atom. The molecule has 1 aromatic carbocycles. The van der Waals surface area contributed by atoms with Crippen molar-refractivity contribution in [2.45, 2.75) is 13.1 Å². The number of halogens is 3. The predicted molar refractivity (Wildman–Crippen MR) is 67.6 cm³/mol. The fraction of sp³-hybridized carbons (Fsp3) is 0.231. The first-order valence-corrected chi connectivity index (χ1v) is 5.73. The molecule has 0 aliphatic carbocycles. The summed E-state index contributed by atoms with van der Waals surface area (Å²) in [5, 5.41) is 11.7. The van der Waals surface area contributed by atoms with E-state index in [0.717, 1.165) is 6.20 Å². The fourth-order valence-corrected chi connectivity index (χ4v) is 1.79. The second kappa shape index (κ2) is 4.99. The third kappa shape index (κ3) is 2.66. The molecular formula is C13H12F3N3O. The van der Waals surface area contributed by atoms with E-state index in [1.807, 2.05) is 0 Å². The highest BCUT2D eigenvalue weighted by Crippen LogP contribution is 2.30. The van der Waals surface area contributed by atoms with Gasteiger partial charge in [0.2, 0.25) is 0 Å². The summed E-state index contributed by atoms with van der Waals surface area (Å²) in [6, 6.07) is 6.58. The maximum Gasteiger partial charge on any atom is 0.434 e. The third-order valence-corrected chi connectivity index (χ3v) is 2.88. The Bertz CT molecular complexity index is 642. The molecule has 0 unspecified atom stereocenters. The molecular weight excluding hydrogens is 271 g/mol. The average Bonchev–Trinajstić information content (AvgIpc) is 2.80. The van der Waals surface area contributed by atoms with Crippen LogP contribution in [0.2, 0.25) is 0 Å². The number of nitrogens with zero attached hydrogens (tertiary/aromatic N) is 3. The summed E-state index contributed by atoms with van der Waals surface area (Å²) in [6.45, 7) is 1.62. The summed E-state index contributed by atoms with van der Waals surface area (Å²) in [4.78, 5) is 3.60. The van der Waals surface area contributed by atoms with Gasteiger partial charge in [0.25, 0.3) is 0 Å². The highest BCUT2D eigenvalue weighted by molar-refractivity contribution is 5.98. The molecule has 4 nitrogen and oxygen atoms in total. The first-order valence-electron chi connectivity index (χ1n) is 5.73. The summed E-state index contributed by atoms with van der Waals surface area (Å²) in [5.41, 5.74) is 0.735. The van der Waals surface area contributed by atoms with Crippen molar-refractivity contribution in [3.8, 4) is 11.4 Å². The van der Waals surface area contributed by atoms with E-state index >= 15 is 0 Å². The number of hydrogen-bond acceptors (Lipinski definition) is 3. The molecule has 2 rings (SSSR count). The van der Waals surface area contributed by atoms with Crippen molar-refractivity contribution in [2.75, 3.05) is 0 Å². The lowest BCUT2D eigenvalue weighted by Gasteiger charge is -2.03. The van der Waals surface area contributed by atoms with E-state index in [9.17, 15) is 13.2 Å². The third-order valence-electron chi connectivity index (χ3n) is 2.88. The second-order valence-electron chi connectivity index (χ2n) is 4.32. The maximum absolute atomic E-state index is 12.6. The van der Waals surface area contributed by atoms with E-state index in [2.05, 4.69) is 10.1 Å². The van der Waals surface area contributed by atoms with E-state index in [4.69, 9.17) is 5.21 Å². The number of imidazole rings is 1. The smallest absolute Gasteiger partial charge is 0.411 e. The van der Waals surface area contributed by atoms with Gasteiger partial charge in [-0.3, -0.25) is 0 Å². The zero-order chi connectivity index (χ0) is 14.9. The molecule has 1 heterocycles. The molecule has 20 heavy (non-hydrogen) atoms. The topological polar surface area (TPSA) is 50.4 Å². The largest absolute Gasteiger partial charge is 0.434 e. The van der Waals surface area contributed by atoms with Crippen molar-refractivity contribution in [1.82, 2.24) is 9.55 Å². The number of rotatable bonds is 2. The fourth-order valence-electron chi connectivity index (χ4n) is 1.79. The lowest BCUT2D eigenvalue weighted by molar-refractivity contribution is -0.140. The maximum atomic E-state index is 12.6. The van der Waals surface area contributed by atoms with Crippen molar-refractivity contribution in [1.29, 1.82) is 0 Å². The summed E-state index contributed by atoms with van der Waals surface area (Å²) in [6.07, 6.45) is -3.51. The number of aromatic nitrogens is 2. The summed E-state index contributed by atoms with van der Waals surface area (Å²) in [7, 11) is 1.51. The van der Waals surface area contributed by atoms with Gasteiger partial charge in [-0.1, -0.05) is 29.4 Å². The van der Waals surface area contributed by atoms with Crippen LogP contribution in [0.15, 0.2) is 35.6 Å². The Hall–Kier alpha value is -2.31. The molecule has 106 valence electrons. The van der Waals surface area contributed by atoms with Gasteiger partial charge >= 0.3 is 6.18 Å². The van der Waals surface area contributed by atoms with E-state index < -0.39 is 11.9 Å². The number of oxime groups is 1. The van der Waals surface area contributed by atoms with Crippen molar-refractivity contribution in [3.63, 3.8) is 0 Å². The molecule has 7 heteroatoms. The lowest BCUT2D eigenvalue weighted by Crippen LogP contribution is -2.04. The van der Waals surface area contributed by atoms with Crippen LogP contribution < -0.4 is 0 Å². The minimum atomic E-state index is -4.46. The highest BCUT2D eigenvalue weighted by Gasteiger charge is 2.34. The molecule has 0 amide bonds. The zero-order valence-electron chi connectivity index (χ0n) is 10.8. The molecule has 0 fully saturated rings. The van der Waals surface area contributed by atoms with Crippen LogP contribution in [-0.2, 0) is 13.2 Å². The van der Waals surface area contributed by atoms with E-state index in [-0.39, 0.29) is 5.82 Å². The van der Waals surface area contributed by atoms with Crippen molar-refractivity contribution in [3.05, 3.63) is 41.7 Å². The van der Waals surface area contributed by atoms with Crippen LogP contribution in [0.5, 0.6) is 0 Å². The predicted octanol–water partition coefficient (Wildman–Crippen LogP) is 3.30. The number of hydrogen-bond donors (Lipinski definition) is 1. The lowest BCUT2D eigenvalue weighted by atomic mass is 10.1. The standard InChI is InChI=1S/C13H12F3N3O/c1-8(18-20)9-3-5-10(6-4-9)12-17-11(7-19(12)2)13(14,15)16/h3-7,20H,1-2H3/b18-8-. The van der Waals surface area contributed by atoms with Crippen LogP contribution in [0.3, 0.4) is 0 Å². The Balaban J connectivity index is 2.40.